The molecule has 1 aliphatic rings. The van der Waals surface area contributed by atoms with Crippen LogP contribution in [-0.4, -0.2) is 30.9 Å². The minimum Gasteiger partial charge on any atom is -0.333 e. The molecule has 2 aromatic carbocycles. The Morgan fingerprint density at radius 2 is 2.00 bits per heavy atom. The zero-order valence-electron chi connectivity index (χ0n) is 15.2. The number of amides is 2. The molecule has 141 valence electrons. The van der Waals surface area contributed by atoms with E-state index in [2.05, 4.69) is 16.0 Å². The van der Waals surface area contributed by atoms with Crippen LogP contribution in [0.3, 0.4) is 0 Å². The molecular formula is C21H23FN3O2. The summed E-state index contributed by atoms with van der Waals surface area (Å²) < 4.78 is 13.4. The number of hydrogen-bond donors (Lipinski definition) is 2. The van der Waals surface area contributed by atoms with E-state index >= 15 is 0 Å². The average molecular weight is 368 g/mol. The quantitative estimate of drug-likeness (QED) is 0.794. The predicted octanol–water partition coefficient (Wildman–Crippen LogP) is 3.39. The zero-order chi connectivity index (χ0) is 19.2. The molecule has 1 fully saturated rings. The predicted molar refractivity (Wildman–Crippen MR) is 102 cm³/mol. The molecule has 2 aromatic rings. The molecule has 5 nitrogen and oxygen atoms in total. The van der Waals surface area contributed by atoms with Gasteiger partial charge in [-0.05, 0) is 55.5 Å². The number of urea groups is 1. The summed E-state index contributed by atoms with van der Waals surface area (Å²) in [5.74, 6) is -0.112. The van der Waals surface area contributed by atoms with E-state index in [-0.39, 0.29) is 29.6 Å². The van der Waals surface area contributed by atoms with E-state index in [4.69, 9.17) is 0 Å². The average Bonchev–Trinajstić information content (AvgIpc) is 2.63. The molecule has 0 saturated carbocycles. The molecule has 3 rings (SSSR count). The highest BCUT2D eigenvalue weighted by molar-refractivity contribution is 5.96. The second-order valence-corrected chi connectivity index (χ2v) is 6.85. The van der Waals surface area contributed by atoms with Gasteiger partial charge in [0.1, 0.15) is 5.82 Å². The van der Waals surface area contributed by atoms with E-state index < -0.39 is 0 Å². The zero-order valence-corrected chi connectivity index (χ0v) is 15.2. The van der Waals surface area contributed by atoms with Crippen LogP contribution in [-0.2, 0) is 6.42 Å². The number of hydrogen-bond acceptors (Lipinski definition) is 2. The molecule has 1 heterocycles. The summed E-state index contributed by atoms with van der Waals surface area (Å²) in [7, 11) is 0. The van der Waals surface area contributed by atoms with Crippen molar-refractivity contribution in [3.05, 3.63) is 65.5 Å². The summed E-state index contributed by atoms with van der Waals surface area (Å²) in [6, 6.07) is 13.0. The minimum atomic E-state index is -0.331. The maximum absolute atomic E-state index is 13.4. The molecule has 27 heavy (non-hydrogen) atoms. The first-order valence-electron chi connectivity index (χ1n) is 9.07. The molecule has 0 aromatic heterocycles. The maximum Gasteiger partial charge on any atom is 0.319 e. The molecule has 2 unspecified atom stereocenters. The van der Waals surface area contributed by atoms with Gasteiger partial charge in [-0.15, -0.1) is 0 Å². The van der Waals surface area contributed by atoms with Crippen molar-refractivity contribution < 1.29 is 14.0 Å². The van der Waals surface area contributed by atoms with Gasteiger partial charge in [0.15, 0.2) is 5.78 Å². The van der Waals surface area contributed by atoms with Gasteiger partial charge in [-0.2, -0.15) is 0 Å². The highest BCUT2D eigenvalue weighted by Gasteiger charge is 2.27. The Morgan fingerprint density at radius 1 is 1.19 bits per heavy atom. The molecule has 2 amide bonds. The van der Waals surface area contributed by atoms with Crippen LogP contribution in [0.15, 0.2) is 48.5 Å². The van der Waals surface area contributed by atoms with Crippen LogP contribution in [0, 0.1) is 11.7 Å². The monoisotopic (exact) mass is 368 g/mol. The van der Waals surface area contributed by atoms with Crippen LogP contribution in [0.1, 0.15) is 29.3 Å². The van der Waals surface area contributed by atoms with E-state index in [9.17, 15) is 14.0 Å². The van der Waals surface area contributed by atoms with Gasteiger partial charge in [0.05, 0.1) is 0 Å². The lowest BCUT2D eigenvalue weighted by Gasteiger charge is -2.32. The first-order valence-corrected chi connectivity index (χ1v) is 9.07. The standard InChI is InChI=1S/C21H23FN3O2/c1-14(26)16-5-3-7-19(12-16)24-21(27)25-20-13-23-9-8-17(20)10-15-4-2-6-18(22)11-15/h2-7,11-12,17,20H,8-10,13H2,1H3,(H2,24,25,27). The van der Waals surface area contributed by atoms with E-state index in [1.165, 1.54) is 19.1 Å². The highest BCUT2D eigenvalue weighted by atomic mass is 19.1. The summed E-state index contributed by atoms with van der Waals surface area (Å²) in [6.45, 7) is 2.78. The molecule has 2 N–H and O–H groups in total. The van der Waals surface area contributed by atoms with Crippen molar-refractivity contribution in [3.63, 3.8) is 0 Å². The lowest BCUT2D eigenvalue weighted by atomic mass is 9.87. The van der Waals surface area contributed by atoms with Crippen molar-refractivity contribution in [1.29, 1.82) is 0 Å². The topological polar surface area (TPSA) is 72.3 Å². The van der Waals surface area contributed by atoms with Gasteiger partial charge < -0.3 is 10.6 Å². The van der Waals surface area contributed by atoms with Gasteiger partial charge in [0.25, 0.3) is 0 Å². The Bertz CT molecular complexity index is 825. The first kappa shape index (κ1) is 19.0. The van der Waals surface area contributed by atoms with Crippen molar-refractivity contribution >= 4 is 17.5 Å². The fourth-order valence-corrected chi connectivity index (χ4v) is 3.36. The Balaban J connectivity index is 1.62. The number of carbonyl (C=O) groups is 2. The highest BCUT2D eigenvalue weighted by Crippen LogP contribution is 2.20. The number of rotatable bonds is 5. The molecule has 0 aliphatic carbocycles. The normalized spacial score (nSPS) is 19.3. The molecule has 0 spiro atoms. The van der Waals surface area contributed by atoms with E-state index in [1.807, 2.05) is 6.07 Å². The molecule has 1 radical (unpaired) electrons. The molecule has 2 atom stereocenters. The van der Waals surface area contributed by atoms with Gasteiger partial charge in [-0.25, -0.2) is 14.5 Å². The van der Waals surface area contributed by atoms with Gasteiger partial charge in [0, 0.05) is 30.4 Å². The van der Waals surface area contributed by atoms with Gasteiger partial charge in [-0.1, -0.05) is 24.3 Å². The summed E-state index contributed by atoms with van der Waals surface area (Å²) in [5, 5.41) is 10.2. The number of piperidine rings is 1. The Hall–Kier alpha value is -2.73. The molecule has 0 bridgehead atoms. The van der Waals surface area contributed by atoms with Gasteiger partial charge in [0.2, 0.25) is 0 Å². The lowest BCUT2D eigenvalue weighted by molar-refractivity contribution is 0.101. The number of halogens is 1. The van der Waals surface area contributed by atoms with Crippen molar-refractivity contribution in [2.24, 2.45) is 5.92 Å². The van der Waals surface area contributed by atoms with E-state index in [0.29, 0.717) is 24.2 Å². The number of nitrogens with zero attached hydrogens (tertiary/aromatic N) is 1. The second kappa shape index (κ2) is 8.77. The smallest absolute Gasteiger partial charge is 0.319 e. The third-order valence-electron chi connectivity index (χ3n) is 4.78. The largest absolute Gasteiger partial charge is 0.333 e. The van der Waals surface area contributed by atoms with Crippen molar-refractivity contribution in [2.75, 3.05) is 18.4 Å². The summed E-state index contributed by atoms with van der Waals surface area (Å²) in [4.78, 5) is 23.9. The number of carbonyl (C=O) groups excluding carboxylic acids is 2. The maximum atomic E-state index is 13.4. The summed E-state index contributed by atoms with van der Waals surface area (Å²) in [6.07, 6.45) is 1.54. The molecule has 1 aliphatic heterocycles. The number of benzene rings is 2. The second-order valence-electron chi connectivity index (χ2n) is 6.85. The third-order valence-corrected chi connectivity index (χ3v) is 4.78. The van der Waals surface area contributed by atoms with Crippen LogP contribution in [0.25, 0.3) is 0 Å². The van der Waals surface area contributed by atoms with Crippen molar-refractivity contribution in [2.45, 2.75) is 25.8 Å². The Kier molecular flexibility index (Phi) is 6.19. The Labute approximate surface area is 158 Å². The van der Waals surface area contributed by atoms with Crippen LogP contribution < -0.4 is 16.0 Å². The van der Waals surface area contributed by atoms with E-state index in [0.717, 1.165) is 18.5 Å². The van der Waals surface area contributed by atoms with Crippen LogP contribution in [0.2, 0.25) is 0 Å². The first-order chi connectivity index (χ1) is 13.0. The van der Waals surface area contributed by atoms with Gasteiger partial charge in [-0.3, -0.25) is 4.79 Å². The van der Waals surface area contributed by atoms with Crippen molar-refractivity contribution in [3.8, 4) is 0 Å². The molecule has 6 heteroatoms. The van der Waals surface area contributed by atoms with Gasteiger partial charge >= 0.3 is 6.03 Å². The number of nitrogens with one attached hydrogen (secondary N) is 2. The molecular weight excluding hydrogens is 345 g/mol. The minimum absolute atomic E-state index is 0.0553. The Morgan fingerprint density at radius 3 is 2.78 bits per heavy atom. The van der Waals surface area contributed by atoms with Crippen LogP contribution in [0.4, 0.5) is 14.9 Å². The third kappa shape index (κ3) is 5.37. The number of anilines is 1. The van der Waals surface area contributed by atoms with E-state index in [1.54, 1.807) is 30.3 Å². The van der Waals surface area contributed by atoms with Crippen LogP contribution in [0.5, 0.6) is 0 Å². The number of ketones is 1. The summed E-state index contributed by atoms with van der Waals surface area (Å²) >= 11 is 0. The fourth-order valence-electron chi connectivity index (χ4n) is 3.36. The molecule has 1 saturated heterocycles. The number of Topliss-reactive ketones (excluding diaryl/α,β-unsaturated/α-hetero) is 1. The lowest BCUT2D eigenvalue weighted by Crippen LogP contribution is -2.50. The van der Waals surface area contributed by atoms with Crippen molar-refractivity contribution in [1.82, 2.24) is 10.6 Å². The SMILES string of the molecule is CC(=O)c1cccc(NC(=O)NC2C[N]CCC2Cc2cccc(F)c2)c1. The fraction of sp³-hybridized carbons (Fsp3) is 0.333. The van der Waals surface area contributed by atoms with Crippen LogP contribution >= 0.6 is 0 Å². The summed E-state index contributed by atoms with van der Waals surface area (Å²) in [5.41, 5.74) is 2.03.